The highest BCUT2D eigenvalue weighted by molar-refractivity contribution is 5.93. The van der Waals surface area contributed by atoms with E-state index in [1.165, 1.54) is 12.1 Å². The van der Waals surface area contributed by atoms with Gasteiger partial charge >= 0.3 is 0 Å². The van der Waals surface area contributed by atoms with Crippen LogP contribution in [0.1, 0.15) is 37.7 Å². The Morgan fingerprint density at radius 1 is 1.35 bits per heavy atom. The number of benzene rings is 1. The lowest BCUT2D eigenvalue weighted by Gasteiger charge is -2.25. The topological polar surface area (TPSA) is 95.6 Å². The molecule has 0 saturated carbocycles. The highest BCUT2D eigenvalue weighted by atomic mass is 16.5. The molecule has 23 heavy (non-hydrogen) atoms. The molecule has 6 nitrogen and oxygen atoms in total. The Hall–Kier alpha value is -2.34. The minimum absolute atomic E-state index is 0.0420. The number of nitrogens with zero attached hydrogens (tertiary/aromatic N) is 1. The third-order valence-corrected chi connectivity index (χ3v) is 3.73. The van der Waals surface area contributed by atoms with Crippen LogP contribution in [0, 0.1) is 5.92 Å². The van der Waals surface area contributed by atoms with Crippen LogP contribution in [-0.2, 0) is 0 Å². The molecular weight excluding hydrogens is 296 g/mol. The summed E-state index contributed by atoms with van der Waals surface area (Å²) in [5, 5.41) is 26.1. The van der Waals surface area contributed by atoms with Gasteiger partial charge in [-0.15, -0.1) is 0 Å². The van der Waals surface area contributed by atoms with Crippen LogP contribution in [-0.4, -0.2) is 33.4 Å². The van der Waals surface area contributed by atoms with Gasteiger partial charge in [0.15, 0.2) is 11.5 Å². The van der Waals surface area contributed by atoms with Crippen molar-refractivity contribution in [3.63, 3.8) is 0 Å². The number of nitrogens with one attached hydrogen (secondary N) is 1. The van der Waals surface area contributed by atoms with Crippen molar-refractivity contribution < 1.29 is 19.5 Å². The van der Waals surface area contributed by atoms with Crippen molar-refractivity contribution in [3.8, 4) is 17.1 Å². The SMILES string of the molecule is CCC(NC(=O)c1cc(-c2cccc(O)c2)on1)C(O)C(C)C. The molecule has 2 rings (SSSR count). The highest BCUT2D eigenvalue weighted by Gasteiger charge is 2.24. The third kappa shape index (κ3) is 4.10. The predicted molar refractivity (Wildman–Crippen MR) is 86.0 cm³/mol. The first-order chi connectivity index (χ1) is 10.9. The van der Waals surface area contributed by atoms with Gasteiger partial charge < -0.3 is 20.1 Å². The molecule has 2 atom stereocenters. The number of hydrogen-bond acceptors (Lipinski definition) is 5. The fourth-order valence-corrected chi connectivity index (χ4v) is 2.31. The van der Waals surface area contributed by atoms with Gasteiger partial charge in [-0.25, -0.2) is 0 Å². The summed E-state index contributed by atoms with van der Waals surface area (Å²) >= 11 is 0. The quantitative estimate of drug-likeness (QED) is 0.761. The van der Waals surface area contributed by atoms with E-state index in [4.69, 9.17) is 4.52 Å². The molecule has 1 aromatic heterocycles. The maximum absolute atomic E-state index is 12.3. The van der Waals surface area contributed by atoms with Gasteiger partial charge in [-0.2, -0.15) is 0 Å². The van der Waals surface area contributed by atoms with Crippen molar-refractivity contribution in [2.24, 2.45) is 5.92 Å². The summed E-state index contributed by atoms with van der Waals surface area (Å²) in [6.45, 7) is 5.70. The minimum Gasteiger partial charge on any atom is -0.508 e. The number of aromatic hydroxyl groups is 1. The van der Waals surface area contributed by atoms with Gasteiger partial charge in [-0.3, -0.25) is 4.79 Å². The first-order valence-corrected chi connectivity index (χ1v) is 7.67. The van der Waals surface area contributed by atoms with Crippen LogP contribution in [0.5, 0.6) is 5.75 Å². The van der Waals surface area contributed by atoms with Gasteiger partial charge in [-0.1, -0.05) is 38.1 Å². The molecule has 0 spiro atoms. The van der Waals surface area contributed by atoms with Crippen molar-refractivity contribution in [1.82, 2.24) is 10.5 Å². The summed E-state index contributed by atoms with van der Waals surface area (Å²) in [6, 6.07) is 7.67. The maximum Gasteiger partial charge on any atom is 0.273 e. The van der Waals surface area contributed by atoms with Crippen LogP contribution >= 0.6 is 0 Å². The van der Waals surface area contributed by atoms with E-state index in [1.54, 1.807) is 18.2 Å². The zero-order chi connectivity index (χ0) is 17.0. The van der Waals surface area contributed by atoms with Crippen molar-refractivity contribution in [2.45, 2.75) is 39.3 Å². The summed E-state index contributed by atoms with van der Waals surface area (Å²) < 4.78 is 5.17. The van der Waals surface area contributed by atoms with Crippen LogP contribution in [0.25, 0.3) is 11.3 Å². The minimum atomic E-state index is -0.624. The molecule has 0 bridgehead atoms. The Kier molecular flexibility index (Phi) is 5.39. The molecule has 0 saturated heterocycles. The Balaban J connectivity index is 2.12. The molecule has 0 radical (unpaired) electrons. The summed E-state index contributed by atoms with van der Waals surface area (Å²) in [4.78, 5) is 12.3. The Morgan fingerprint density at radius 3 is 2.70 bits per heavy atom. The number of rotatable bonds is 6. The monoisotopic (exact) mass is 318 g/mol. The van der Waals surface area contributed by atoms with Gasteiger partial charge in [0.25, 0.3) is 5.91 Å². The first kappa shape index (κ1) is 17.0. The number of aliphatic hydroxyl groups is 1. The largest absolute Gasteiger partial charge is 0.508 e. The zero-order valence-corrected chi connectivity index (χ0v) is 13.5. The predicted octanol–water partition coefficient (Wildman–Crippen LogP) is 2.57. The molecule has 3 N–H and O–H groups in total. The molecule has 2 unspecified atom stereocenters. The fourth-order valence-electron chi connectivity index (χ4n) is 2.31. The van der Waals surface area contributed by atoms with Crippen molar-refractivity contribution >= 4 is 5.91 Å². The van der Waals surface area contributed by atoms with E-state index >= 15 is 0 Å². The van der Waals surface area contributed by atoms with Crippen LogP contribution in [0.3, 0.4) is 0 Å². The number of carbonyl (C=O) groups is 1. The van der Waals surface area contributed by atoms with Crippen molar-refractivity contribution in [2.75, 3.05) is 0 Å². The number of aromatic nitrogens is 1. The first-order valence-electron chi connectivity index (χ1n) is 7.67. The molecule has 0 aliphatic rings. The smallest absolute Gasteiger partial charge is 0.273 e. The Labute approximate surface area is 135 Å². The van der Waals surface area contributed by atoms with E-state index in [0.717, 1.165) is 0 Å². The Bertz CT molecular complexity index is 666. The maximum atomic E-state index is 12.3. The van der Waals surface area contributed by atoms with Gasteiger partial charge in [0.2, 0.25) is 0 Å². The third-order valence-electron chi connectivity index (χ3n) is 3.73. The lowest BCUT2D eigenvalue weighted by Crippen LogP contribution is -2.45. The second-order valence-electron chi connectivity index (χ2n) is 5.85. The summed E-state index contributed by atoms with van der Waals surface area (Å²) in [6.07, 6.45) is -0.0103. The van der Waals surface area contributed by atoms with Gasteiger partial charge in [-0.05, 0) is 24.5 Å². The lowest BCUT2D eigenvalue weighted by molar-refractivity contribution is 0.0672. The average molecular weight is 318 g/mol. The summed E-state index contributed by atoms with van der Waals surface area (Å²) in [7, 11) is 0. The molecule has 1 heterocycles. The molecule has 0 aliphatic carbocycles. The molecule has 0 aliphatic heterocycles. The number of carbonyl (C=O) groups excluding carboxylic acids is 1. The van der Waals surface area contributed by atoms with E-state index < -0.39 is 12.0 Å². The van der Waals surface area contributed by atoms with Crippen molar-refractivity contribution in [1.29, 1.82) is 0 Å². The molecule has 1 amide bonds. The number of amides is 1. The number of phenols is 1. The van der Waals surface area contributed by atoms with Crippen LogP contribution in [0.15, 0.2) is 34.9 Å². The molecule has 6 heteroatoms. The van der Waals surface area contributed by atoms with Crippen LogP contribution in [0.4, 0.5) is 0 Å². The van der Waals surface area contributed by atoms with Crippen LogP contribution in [0.2, 0.25) is 0 Å². The zero-order valence-electron chi connectivity index (χ0n) is 13.5. The van der Waals surface area contributed by atoms with Gasteiger partial charge in [0.1, 0.15) is 5.75 Å². The Morgan fingerprint density at radius 2 is 2.09 bits per heavy atom. The number of aliphatic hydroxyl groups excluding tert-OH is 1. The standard InChI is InChI=1S/C17H22N2O4/c1-4-13(16(21)10(2)3)18-17(22)14-9-15(23-19-14)11-6-5-7-12(20)8-11/h5-10,13,16,20-21H,4H2,1-3H3,(H,18,22). The fraction of sp³-hybridized carbons (Fsp3) is 0.412. The average Bonchev–Trinajstić information content (AvgIpc) is 3.01. The second-order valence-corrected chi connectivity index (χ2v) is 5.85. The molecule has 2 aromatic rings. The van der Waals surface area contributed by atoms with Gasteiger partial charge in [0.05, 0.1) is 12.1 Å². The summed E-state index contributed by atoms with van der Waals surface area (Å²) in [5.74, 6) is 0.145. The highest BCUT2D eigenvalue weighted by Crippen LogP contribution is 2.24. The van der Waals surface area contributed by atoms with E-state index in [0.29, 0.717) is 17.7 Å². The van der Waals surface area contributed by atoms with E-state index in [-0.39, 0.29) is 23.4 Å². The number of phenolic OH excluding ortho intramolecular Hbond substituents is 1. The van der Waals surface area contributed by atoms with E-state index in [1.807, 2.05) is 20.8 Å². The molecule has 124 valence electrons. The molecule has 0 fully saturated rings. The number of hydrogen-bond donors (Lipinski definition) is 3. The second kappa shape index (κ2) is 7.28. The normalized spacial score (nSPS) is 13.8. The van der Waals surface area contributed by atoms with Crippen molar-refractivity contribution in [3.05, 3.63) is 36.0 Å². The molecule has 1 aromatic carbocycles. The van der Waals surface area contributed by atoms with Crippen LogP contribution < -0.4 is 5.32 Å². The van der Waals surface area contributed by atoms with E-state index in [9.17, 15) is 15.0 Å². The molecular formula is C17H22N2O4. The lowest BCUT2D eigenvalue weighted by atomic mass is 9.97. The van der Waals surface area contributed by atoms with Gasteiger partial charge in [0, 0.05) is 11.6 Å². The van der Waals surface area contributed by atoms with E-state index in [2.05, 4.69) is 10.5 Å². The summed E-state index contributed by atoms with van der Waals surface area (Å²) in [5.41, 5.74) is 0.767.